The number of esters is 1. The van der Waals surface area contributed by atoms with E-state index in [1.165, 1.54) is 11.3 Å². The third kappa shape index (κ3) is 7.35. The zero-order valence-corrected chi connectivity index (χ0v) is 21.7. The quantitative estimate of drug-likeness (QED) is 0.297. The second-order valence-electron chi connectivity index (χ2n) is 7.29. The number of benzene rings is 2. The van der Waals surface area contributed by atoms with Crippen LogP contribution in [0.4, 0.5) is 5.69 Å². The van der Waals surface area contributed by atoms with E-state index in [4.69, 9.17) is 44.3 Å². The van der Waals surface area contributed by atoms with Crippen molar-refractivity contribution in [3.8, 4) is 16.2 Å². The van der Waals surface area contributed by atoms with Crippen LogP contribution < -0.4 is 10.1 Å². The monoisotopic (exact) mass is 540 g/mol. The van der Waals surface area contributed by atoms with Crippen LogP contribution in [0.5, 0.6) is 5.75 Å². The lowest BCUT2D eigenvalue weighted by molar-refractivity contribution is -0.117. The molecule has 0 atom stereocenters. The molecule has 0 radical (unpaired) electrons. The Bertz CT molecular complexity index is 1150. The molecule has 1 aromatic heterocycles. The lowest BCUT2D eigenvalue weighted by Gasteiger charge is -2.16. The summed E-state index contributed by atoms with van der Waals surface area (Å²) in [6.07, 6.45) is 0. The number of carbonyl (C=O) groups is 2. The Hall–Kier alpha value is -2.29. The van der Waals surface area contributed by atoms with Crippen molar-refractivity contribution in [2.24, 2.45) is 0 Å². The molecule has 0 bridgehead atoms. The van der Waals surface area contributed by atoms with Crippen LogP contribution in [0.3, 0.4) is 0 Å². The highest BCUT2D eigenvalue weighted by Crippen LogP contribution is 2.39. The molecule has 0 aliphatic heterocycles. The van der Waals surface area contributed by atoms with E-state index in [1.807, 2.05) is 11.9 Å². The number of hydrogen-bond acceptors (Lipinski definition) is 6. The fourth-order valence-corrected chi connectivity index (χ4v) is 4.76. The lowest BCUT2D eigenvalue weighted by Crippen LogP contribution is -2.33. The molecule has 0 spiro atoms. The first-order valence-corrected chi connectivity index (χ1v) is 12.3. The van der Waals surface area contributed by atoms with Crippen LogP contribution >= 0.6 is 46.1 Å². The summed E-state index contributed by atoms with van der Waals surface area (Å²) >= 11 is 19.4. The smallest absolute Gasteiger partial charge is 0.350 e. The molecule has 0 unspecified atom stereocenters. The van der Waals surface area contributed by atoms with Crippen LogP contribution in [0.2, 0.25) is 15.1 Å². The highest BCUT2D eigenvalue weighted by molar-refractivity contribution is 7.18. The van der Waals surface area contributed by atoms with Gasteiger partial charge in [0.2, 0.25) is 5.91 Å². The first kappa shape index (κ1) is 26.3. The van der Waals surface area contributed by atoms with E-state index in [1.54, 1.807) is 55.5 Å². The molecule has 0 fully saturated rings. The molecule has 1 N–H and O–H groups in total. The topological polar surface area (TPSA) is 67.9 Å². The molecule has 3 aromatic rings. The van der Waals surface area contributed by atoms with Crippen molar-refractivity contribution in [3.05, 3.63) is 68.5 Å². The zero-order chi connectivity index (χ0) is 24.7. The van der Waals surface area contributed by atoms with Crippen molar-refractivity contribution in [3.63, 3.8) is 0 Å². The molecular formula is C24H23Cl3N2O4S. The summed E-state index contributed by atoms with van der Waals surface area (Å²) in [5.74, 6) is -0.0806. The fourth-order valence-electron chi connectivity index (χ4n) is 3.02. The van der Waals surface area contributed by atoms with Gasteiger partial charge >= 0.3 is 5.97 Å². The summed E-state index contributed by atoms with van der Waals surface area (Å²) in [7, 11) is 1.81. The van der Waals surface area contributed by atoms with Crippen LogP contribution in [0, 0.1) is 0 Å². The fraction of sp³-hybridized carbons (Fsp3) is 0.250. The molecule has 1 amide bonds. The first-order chi connectivity index (χ1) is 16.3. The van der Waals surface area contributed by atoms with Gasteiger partial charge in [-0.3, -0.25) is 9.69 Å². The Kier molecular flexibility index (Phi) is 9.62. The summed E-state index contributed by atoms with van der Waals surface area (Å²) in [6, 6.07) is 13.9. The number of anilines is 1. The van der Waals surface area contributed by atoms with Gasteiger partial charge in [-0.25, -0.2) is 4.79 Å². The number of carbonyl (C=O) groups excluding carboxylic acids is 2. The zero-order valence-electron chi connectivity index (χ0n) is 18.6. The maximum atomic E-state index is 12.7. The molecule has 1 heterocycles. The number of thiophene rings is 1. The predicted octanol–water partition coefficient (Wildman–Crippen LogP) is 6.50. The molecule has 10 heteroatoms. The van der Waals surface area contributed by atoms with Gasteiger partial charge in [-0.2, -0.15) is 0 Å². The molecule has 0 aliphatic carbocycles. The van der Waals surface area contributed by atoms with Gasteiger partial charge in [-0.1, -0.05) is 40.9 Å². The number of nitrogens with one attached hydrogen (secondary N) is 1. The van der Waals surface area contributed by atoms with E-state index >= 15 is 0 Å². The maximum absolute atomic E-state index is 12.7. The number of amides is 1. The summed E-state index contributed by atoms with van der Waals surface area (Å²) in [5.41, 5.74) is 1.08. The van der Waals surface area contributed by atoms with Gasteiger partial charge in [-0.15, -0.1) is 11.3 Å². The summed E-state index contributed by atoms with van der Waals surface area (Å²) in [6.45, 7) is 2.98. The van der Waals surface area contributed by atoms with Crippen LogP contribution in [0.1, 0.15) is 16.6 Å². The molecular weight excluding hydrogens is 519 g/mol. The van der Waals surface area contributed by atoms with Gasteiger partial charge in [-0.05, 0) is 56.4 Å². The van der Waals surface area contributed by atoms with E-state index < -0.39 is 5.97 Å². The lowest BCUT2D eigenvalue weighted by atomic mass is 10.2. The second kappa shape index (κ2) is 12.4. The highest BCUT2D eigenvalue weighted by atomic mass is 35.5. The number of halogens is 3. The first-order valence-electron chi connectivity index (χ1n) is 10.4. The molecule has 3 rings (SSSR count). The Labute approximate surface area is 217 Å². The minimum Gasteiger partial charge on any atom is -0.492 e. The van der Waals surface area contributed by atoms with Gasteiger partial charge < -0.3 is 14.8 Å². The van der Waals surface area contributed by atoms with Gasteiger partial charge in [0.1, 0.15) is 17.2 Å². The van der Waals surface area contributed by atoms with Crippen molar-refractivity contribution < 1.29 is 19.1 Å². The standard InChI is InChI=1S/C24H23Cl3N2O4S/c1-3-32-24(31)23-20(13-21(34-23)18-9-6-16(26)12-19(18)27)28-22(30)14-29(2)10-11-33-17-7-4-15(25)5-8-17/h4-9,12-13H,3,10-11,14H2,1-2H3,(H,28,30). The van der Waals surface area contributed by atoms with E-state index in [2.05, 4.69) is 5.32 Å². The average molecular weight is 542 g/mol. The predicted molar refractivity (Wildman–Crippen MR) is 139 cm³/mol. The minimum atomic E-state index is -0.510. The van der Waals surface area contributed by atoms with Crippen molar-refractivity contribution in [1.82, 2.24) is 4.90 Å². The van der Waals surface area contributed by atoms with E-state index in [0.29, 0.717) is 55.0 Å². The van der Waals surface area contributed by atoms with Crippen molar-refractivity contribution in [1.29, 1.82) is 0 Å². The van der Waals surface area contributed by atoms with Crippen molar-refractivity contribution in [2.45, 2.75) is 6.92 Å². The number of rotatable bonds is 10. The molecule has 180 valence electrons. The van der Waals surface area contributed by atoms with Gasteiger partial charge in [0, 0.05) is 27.0 Å². The van der Waals surface area contributed by atoms with Crippen LogP contribution in [0.25, 0.3) is 10.4 Å². The maximum Gasteiger partial charge on any atom is 0.350 e. The Morgan fingerprint density at radius 3 is 2.41 bits per heavy atom. The summed E-state index contributed by atoms with van der Waals surface area (Å²) < 4.78 is 10.8. The number of hydrogen-bond donors (Lipinski definition) is 1. The third-order valence-corrected chi connectivity index (χ3v) is 6.58. The summed E-state index contributed by atoms with van der Waals surface area (Å²) in [5, 5.41) is 4.41. The summed E-state index contributed by atoms with van der Waals surface area (Å²) in [4.78, 5) is 28.0. The molecule has 0 aliphatic rings. The Balaban J connectivity index is 1.65. The highest BCUT2D eigenvalue weighted by Gasteiger charge is 2.21. The van der Waals surface area contributed by atoms with E-state index in [9.17, 15) is 9.59 Å². The minimum absolute atomic E-state index is 0.110. The second-order valence-corrected chi connectivity index (χ2v) is 9.62. The van der Waals surface area contributed by atoms with Gasteiger partial charge in [0.25, 0.3) is 0 Å². The normalized spacial score (nSPS) is 10.9. The van der Waals surface area contributed by atoms with Crippen molar-refractivity contribution in [2.75, 3.05) is 38.7 Å². The third-order valence-electron chi connectivity index (χ3n) is 4.63. The van der Waals surface area contributed by atoms with Crippen LogP contribution in [0.15, 0.2) is 48.5 Å². The Morgan fingerprint density at radius 2 is 1.74 bits per heavy atom. The molecule has 2 aromatic carbocycles. The largest absolute Gasteiger partial charge is 0.492 e. The average Bonchev–Trinajstić information content (AvgIpc) is 3.18. The van der Waals surface area contributed by atoms with Crippen LogP contribution in [-0.2, 0) is 9.53 Å². The van der Waals surface area contributed by atoms with E-state index in [-0.39, 0.29) is 19.1 Å². The number of nitrogens with zero attached hydrogens (tertiary/aromatic N) is 1. The number of likely N-dealkylation sites (N-methyl/N-ethyl adjacent to an activating group) is 1. The van der Waals surface area contributed by atoms with E-state index in [0.717, 1.165) is 0 Å². The molecule has 34 heavy (non-hydrogen) atoms. The van der Waals surface area contributed by atoms with Crippen molar-refractivity contribution >= 4 is 63.7 Å². The SMILES string of the molecule is CCOC(=O)c1sc(-c2ccc(Cl)cc2Cl)cc1NC(=O)CN(C)CCOc1ccc(Cl)cc1. The molecule has 6 nitrogen and oxygen atoms in total. The molecule has 0 saturated heterocycles. The van der Waals surface area contributed by atoms with Gasteiger partial charge in [0.15, 0.2) is 0 Å². The molecule has 0 saturated carbocycles. The van der Waals surface area contributed by atoms with Crippen LogP contribution in [-0.4, -0.2) is 50.1 Å². The Morgan fingerprint density at radius 1 is 1.03 bits per heavy atom. The number of ether oxygens (including phenoxy) is 2. The van der Waals surface area contributed by atoms with Gasteiger partial charge in [0.05, 0.1) is 23.9 Å².